The molecule has 0 aliphatic rings. The number of nitrogens with two attached hydrogens (primary N) is 1. The summed E-state index contributed by atoms with van der Waals surface area (Å²) in [4.78, 5) is 10.3. The molecule has 0 aliphatic carbocycles. The fourth-order valence-electron chi connectivity index (χ4n) is 1.34. The molecule has 0 radical (unpaired) electrons. The van der Waals surface area contributed by atoms with Crippen molar-refractivity contribution in [1.29, 1.82) is 0 Å². The van der Waals surface area contributed by atoms with E-state index in [4.69, 9.17) is 5.73 Å². The van der Waals surface area contributed by atoms with Crippen LogP contribution in [0.2, 0.25) is 0 Å². The molecule has 0 fully saturated rings. The lowest BCUT2D eigenvalue weighted by Gasteiger charge is -2.09. The maximum absolute atomic E-state index is 13.3. The van der Waals surface area contributed by atoms with Crippen LogP contribution in [0.3, 0.4) is 0 Å². The van der Waals surface area contributed by atoms with E-state index in [2.05, 4.69) is 0 Å². The van der Waals surface area contributed by atoms with Crippen molar-refractivity contribution in [3.63, 3.8) is 0 Å². The predicted octanol–water partition coefficient (Wildman–Crippen LogP) is 2.62. The summed E-state index contributed by atoms with van der Waals surface area (Å²) in [5.41, 5.74) is 6.01. The van der Waals surface area contributed by atoms with Crippen molar-refractivity contribution in [2.24, 2.45) is 5.73 Å². The van der Waals surface area contributed by atoms with Crippen molar-refractivity contribution in [3.05, 3.63) is 37.2 Å². The second-order valence-electron chi connectivity index (χ2n) is 3.52. The SMILES string of the molecule is CCC(N)Cc1cc(F)c(I)cc1[N+](=O)[O-]. The summed E-state index contributed by atoms with van der Waals surface area (Å²) in [5, 5.41) is 10.8. The minimum atomic E-state index is -0.501. The zero-order valence-electron chi connectivity index (χ0n) is 8.74. The normalized spacial score (nSPS) is 12.5. The predicted molar refractivity (Wildman–Crippen MR) is 67.7 cm³/mol. The smallest absolute Gasteiger partial charge is 0.273 e. The molecule has 16 heavy (non-hydrogen) atoms. The van der Waals surface area contributed by atoms with Gasteiger partial charge >= 0.3 is 0 Å². The van der Waals surface area contributed by atoms with Gasteiger partial charge in [-0.15, -0.1) is 0 Å². The van der Waals surface area contributed by atoms with Crippen molar-refractivity contribution in [2.45, 2.75) is 25.8 Å². The molecule has 4 nitrogen and oxygen atoms in total. The van der Waals surface area contributed by atoms with Crippen LogP contribution < -0.4 is 5.73 Å². The van der Waals surface area contributed by atoms with Crippen LogP contribution in [0.15, 0.2) is 12.1 Å². The monoisotopic (exact) mass is 338 g/mol. The van der Waals surface area contributed by atoms with Crippen molar-refractivity contribution >= 4 is 28.3 Å². The lowest BCUT2D eigenvalue weighted by atomic mass is 10.0. The molecule has 0 bridgehead atoms. The topological polar surface area (TPSA) is 69.2 Å². The van der Waals surface area contributed by atoms with Crippen LogP contribution in [0.25, 0.3) is 0 Å². The van der Waals surface area contributed by atoms with Gasteiger partial charge in [0.05, 0.1) is 8.49 Å². The molecule has 0 saturated heterocycles. The Bertz CT molecular complexity index is 412. The average Bonchev–Trinajstić information content (AvgIpc) is 2.22. The first-order chi connectivity index (χ1) is 7.45. The lowest BCUT2D eigenvalue weighted by molar-refractivity contribution is -0.385. The quantitative estimate of drug-likeness (QED) is 0.521. The van der Waals surface area contributed by atoms with Gasteiger partial charge in [0.1, 0.15) is 5.82 Å². The molecule has 0 saturated carbocycles. The van der Waals surface area contributed by atoms with Crippen molar-refractivity contribution in [3.8, 4) is 0 Å². The summed E-state index contributed by atoms with van der Waals surface area (Å²) in [6.07, 6.45) is 1.02. The fourth-order valence-corrected chi connectivity index (χ4v) is 1.79. The van der Waals surface area contributed by atoms with E-state index in [-0.39, 0.29) is 15.3 Å². The minimum absolute atomic E-state index is 0.0605. The summed E-state index contributed by atoms with van der Waals surface area (Å²) in [5.74, 6) is -0.440. The van der Waals surface area contributed by atoms with Gasteiger partial charge in [-0.25, -0.2) is 4.39 Å². The van der Waals surface area contributed by atoms with Crippen LogP contribution in [0.1, 0.15) is 18.9 Å². The van der Waals surface area contributed by atoms with Gasteiger partial charge in [0.25, 0.3) is 5.69 Å². The largest absolute Gasteiger partial charge is 0.327 e. The summed E-state index contributed by atoms with van der Waals surface area (Å²) in [6.45, 7) is 1.89. The molecule has 1 atom stereocenters. The van der Waals surface area contributed by atoms with Gasteiger partial charge in [0.2, 0.25) is 0 Å². The molecule has 88 valence electrons. The van der Waals surface area contributed by atoms with Gasteiger partial charge in [0.15, 0.2) is 0 Å². The minimum Gasteiger partial charge on any atom is -0.327 e. The number of nitrogens with zero attached hydrogens (tertiary/aromatic N) is 1. The Balaban J connectivity index is 3.14. The molecule has 0 aromatic heterocycles. The van der Waals surface area contributed by atoms with E-state index in [0.717, 1.165) is 0 Å². The molecule has 0 amide bonds. The Morgan fingerprint density at radius 3 is 2.75 bits per heavy atom. The van der Waals surface area contributed by atoms with Crippen LogP contribution in [-0.2, 0) is 6.42 Å². The third kappa shape index (κ3) is 3.11. The van der Waals surface area contributed by atoms with Gasteiger partial charge in [0, 0.05) is 17.7 Å². The third-order valence-corrected chi connectivity index (χ3v) is 3.15. The lowest BCUT2D eigenvalue weighted by Crippen LogP contribution is -2.22. The van der Waals surface area contributed by atoms with E-state index in [9.17, 15) is 14.5 Å². The van der Waals surface area contributed by atoms with Crippen LogP contribution in [0.4, 0.5) is 10.1 Å². The Morgan fingerprint density at radius 2 is 2.25 bits per heavy atom. The second-order valence-corrected chi connectivity index (χ2v) is 4.69. The number of nitro groups is 1. The maximum atomic E-state index is 13.3. The highest BCUT2D eigenvalue weighted by Crippen LogP contribution is 2.25. The Labute approximate surface area is 106 Å². The number of halogens is 2. The molecular weight excluding hydrogens is 326 g/mol. The van der Waals surface area contributed by atoms with E-state index in [1.807, 2.05) is 6.92 Å². The zero-order valence-corrected chi connectivity index (χ0v) is 10.9. The highest BCUT2D eigenvalue weighted by atomic mass is 127. The van der Waals surface area contributed by atoms with E-state index in [1.54, 1.807) is 22.6 Å². The molecule has 2 N–H and O–H groups in total. The van der Waals surface area contributed by atoms with Gasteiger partial charge in [-0.1, -0.05) is 6.92 Å². The average molecular weight is 338 g/mol. The van der Waals surface area contributed by atoms with Gasteiger partial charge in [-0.3, -0.25) is 10.1 Å². The van der Waals surface area contributed by atoms with Gasteiger partial charge in [-0.2, -0.15) is 0 Å². The first kappa shape index (κ1) is 13.3. The highest BCUT2D eigenvalue weighted by Gasteiger charge is 2.18. The number of hydrogen-bond acceptors (Lipinski definition) is 3. The number of nitro benzene ring substituents is 1. The Hall–Kier alpha value is -0.760. The molecule has 1 aromatic carbocycles. The van der Waals surface area contributed by atoms with Gasteiger partial charge < -0.3 is 5.73 Å². The molecule has 0 heterocycles. The Kier molecular flexibility index (Phi) is 4.60. The van der Waals surface area contributed by atoms with Crippen molar-refractivity contribution < 1.29 is 9.31 Å². The molecule has 0 spiro atoms. The summed E-state index contributed by atoms with van der Waals surface area (Å²) in [6, 6.07) is 2.27. The number of rotatable bonds is 4. The standard InChI is InChI=1S/C10H12FIN2O2/c1-2-7(13)3-6-4-8(11)9(12)5-10(6)14(15)16/h4-5,7H,2-3,13H2,1H3. The van der Waals surface area contributed by atoms with E-state index < -0.39 is 10.7 Å². The molecular formula is C10H12FIN2O2. The Morgan fingerprint density at radius 1 is 1.62 bits per heavy atom. The van der Waals surface area contributed by atoms with Crippen LogP contribution in [0, 0.1) is 19.5 Å². The van der Waals surface area contributed by atoms with E-state index in [1.165, 1.54) is 12.1 Å². The number of hydrogen-bond donors (Lipinski definition) is 1. The van der Waals surface area contributed by atoms with Crippen LogP contribution in [0.5, 0.6) is 0 Å². The first-order valence-electron chi connectivity index (χ1n) is 4.83. The van der Waals surface area contributed by atoms with Crippen molar-refractivity contribution in [1.82, 2.24) is 0 Å². The first-order valence-corrected chi connectivity index (χ1v) is 5.91. The zero-order chi connectivity index (χ0) is 12.3. The molecule has 0 aliphatic heterocycles. The second kappa shape index (κ2) is 5.53. The molecule has 6 heteroatoms. The summed E-state index contributed by atoms with van der Waals surface area (Å²) >= 11 is 1.73. The van der Waals surface area contributed by atoms with E-state index in [0.29, 0.717) is 18.4 Å². The highest BCUT2D eigenvalue weighted by molar-refractivity contribution is 14.1. The summed E-state index contributed by atoms with van der Waals surface area (Å²) < 4.78 is 13.6. The third-order valence-electron chi connectivity index (χ3n) is 2.32. The van der Waals surface area contributed by atoms with Gasteiger partial charge in [-0.05, 0) is 41.5 Å². The molecule has 1 aromatic rings. The van der Waals surface area contributed by atoms with Crippen molar-refractivity contribution in [2.75, 3.05) is 0 Å². The molecule has 1 unspecified atom stereocenters. The molecule has 1 rings (SSSR count). The summed E-state index contributed by atoms with van der Waals surface area (Å²) in [7, 11) is 0. The van der Waals surface area contributed by atoms with E-state index >= 15 is 0 Å². The fraction of sp³-hybridized carbons (Fsp3) is 0.400. The number of benzene rings is 1. The van der Waals surface area contributed by atoms with Crippen LogP contribution >= 0.6 is 22.6 Å². The maximum Gasteiger partial charge on any atom is 0.273 e. The van der Waals surface area contributed by atoms with Crippen LogP contribution in [-0.4, -0.2) is 11.0 Å².